The standard InChI is InChI=1S/C18H21BrN2O4S/c1-13-4-5-17(16(19)9-13)20-18(22)11-21(10-15-3-2-7-25-15)14-6-8-26(23,24)12-14/h2-5,7,9,14H,6,8,10-12H2,1H3,(H,20,22)/t14-/m1/s1. The van der Waals surface area contributed by atoms with E-state index in [1.165, 1.54) is 0 Å². The van der Waals surface area contributed by atoms with E-state index in [0.717, 1.165) is 10.0 Å². The summed E-state index contributed by atoms with van der Waals surface area (Å²) in [5.41, 5.74) is 1.78. The van der Waals surface area contributed by atoms with Crippen LogP contribution in [0.3, 0.4) is 0 Å². The number of carbonyl (C=O) groups is 1. The largest absolute Gasteiger partial charge is 0.468 e. The lowest BCUT2D eigenvalue weighted by Crippen LogP contribution is -2.41. The molecule has 1 N–H and O–H groups in total. The predicted octanol–water partition coefficient (Wildman–Crippen LogP) is 2.98. The molecule has 1 saturated heterocycles. The smallest absolute Gasteiger partial charge is 0.238 e. The molecule has 140 valence electrons. The molecule has 1 aromatic carbocycles. The first-order valence-electron chi connectivity index (χ1n) is 8.35. The van der Waals surface area contributed by atoms with Gasteiger partial charge < -0.3 is 9.73 Å². The maximum atomic E-state index is 12.6. The first kappa shape index (κ1) is 19.1. The molecule has 1 amide bonds. The number of nitrogens with zero attached hydrogens (tertiary/aromatic N) is 1. The van der Waals surface area contributed by atoms with Crippen LogP contribution in [-0.2, 0) is 21.2 Å². The van der Waals surface area contributed by atoms with Gasteiger partial charge in [0.1, 0.15) is 5.76 Å². The Labute approximate surface area is 161 Å². The summed E-state index contributed by atoms with van der Waals surface area (Å²) in [4.78, 5) is 14.4. The highest BCUT2D eigenvalue weighted by atomic mass is 79.9. The van der Waals surface area contributed by atoms with Crippen molar-refractivity contribution in [3.63, 3.8) is 0 Å². The topological polar surface area (TPSA) is 79.6 Å². The minimum atomic E-state index is -3.04. The lowest BCUT2D eigenvalue weighted by Gasteiger charge is -2.26. The number of hydrogen-bond acceptors (Lipinski definition) is 5. The third kappa shape index (κ3) is 4.96. The number of furan rings is 1. The first-order chi connectivity index (χ1) is 12.3. The summed E-state index contributed by atoms with van der Waals surface area (Å²) >= 11 is 3.45. The number of aryl methyl sites for hydroxylation is 1. The van der Waals surface area contributed by atoms with Crippen LogP contribution in [0, 0.1) is 6.92 Å². The van der Waals surface area contributed by atoms with Gasteiger partial charge in [0.15, 0.2) is 9.84 Å². The Morgan fingerprint density at radius 3 is 2.81 bits per heavy atom. The third-order valence-electron chi connectivity index (χ3n) is 4.41. The van der Waals surface area contributed by atoms with Gasteiger partial charge in [-0.25, -0.2) is 8.42 Å². The van der Waals surface area contributed by atoms with Crippen LogP contribution in [0.4, 0.5) is 5.69 Å². The van der Waals surface area contributed by atoms with Crippen molar-refractivity contribution in [2.24, 2.45) is 0 Å². The van der Waals surface area contributed by atoms with Gasteiger partial charge in [-0.3, -0.25) is 9.69 Å². The average Bonchev–Trinajstić information content (AvgIpc) is 3.19. The number of halogens is 1. The number of carbonyl (C=O) groups excluding carboxylic acids is 1. The van der Waals surface area contributed by atoms with Gasteiger partial charge in [-0.2, -0.15) is 0 Å². The van der Waals surface area contributed by atoms with Crippen molar-refractivity contribution in [1.82, 2.24) is 4.90 Å². The van der Waals surface area contributed by atoms with Crippen molar-refractivity contribution in [2.45, 2.75) is 25.9 Å². The number of benzene rings is 1. The van der Waals surface area contributed by atoms with E-state index in [-0.39, 0.29) is 30.0 Å². The van der Waals surface area contributed by atoms with E-state index in [1.54, 1.807) is 12.3 Å². The molecule has 0 aliphatic carbocycles. The molecule has 2 aromatic rings. The Morgan fingerprint density at radius 2 is 2.19 bits per heavy atom. The summed E-state index contributed by atoms with van der Waals surface area (Å²) in [6.07, 6.45) is 2.10. The summed E-state index contributed by atoms with van der Waals surface area (Å²) in [6, 6.07) is 9.11. The van der Waals surface area contributed by atoms with E-state index in [2.05, 4.69) is 21.2 Å². The molecule has 8 heteroatoms. The molecule has 2 heterocycles. The van der Waals surface area contributed by atoms with Crippen LogP contribution in [0.5, 0.6) is 0 Å². The third-order valence-corrected chi connectivity index (χ3v) is 6.82. The van der Waals surface area contributed by atoms with E-state index < -0.39 is 9.84 Å². The predicted molar refractivity (Wildman–Crippen MR) is 104 cm³/mol. The molecule has 6 nitrogen and oxygen atoms in total. The number of anilines is 1. The fourth-order valence-corrected chi connectivity index (χ4v) is 5.43. The van der Waals surface area contributed by atoms with Gasteiger partial charge in [-0.05, 0) is 59.1 Å². The van der Waals surface area contributed by atoms with Crippen LogP contribution in [-0.4, -0.2) is 43.3 Å². The van der Waals surface area contributed by atoms with Crippen molar-refractivity contribution in [3.05, 3.63) is 52.4 Å². The molecule has 26 heavy (non-hydrogen) atoms. The highest BCUT2D eigenvalue weighted by Crippen LogP contribution is 2.24. The Hall–Kier alpha value is -1.64. The Morgan fingerprint density at radius 1 is 1.38 bits per heavy atom. The van der Waals surface area contributed by atoms with Gasteiger partial charge in [-0.15, -0.1) is 0 Å². The van der Waals surface area contributed by atoms with Crippen LogP contribution in [0.1, 0.15) is 17.7 Å². The SMILES string of the molecule is Cc1ccc(NC(=O)CN(Cc2ccco2)[C@@H]2CCS(=O)(=O)C2)c(Br)c1. The van der Waals surface area contributed by atoms with E-state index in [1.807, 2.05) is 36.1 Å². The molecule has 1 fully saturated rings. The molecule has 0 bridgehead atoms. The average molecular weight is 441 g/mol. The van der Waals surface area contributed by atoms with Crippen LogP contribution < -0.4 is 5.32 Å². The van der Waals surface area contributed by atoms with Gasteiger partial charge in [0.2, 0.25) is 5.91 Å². The molecule has 0 unspecified atom stereocenters. The molecular weight excluding hydrogens is 420 g/mol. The quantitative estimate of drug-likeness (QED) is 0.746. The van der Waals surface area contributed by atoms with Crippen molar-refractivity contribution in [2.75, 3.05) is 23.4 Å². The highest BCUT2D eigenvalue weighted by molar-refractivity contribution is 9.10. The zero-order valence-corrected chi connectivity index (χ0v) is 16.8. The molecule has 3 rings (SSSR count). The monoisotopic (exact) mass is 440 g/mol. The number of rotatable bonds is 6. The van der Waals surface area contributed by atoms with Gasteiger partial charge in [0, 0.05) is 10.5 Å². The molecule has 0 spiro atoms. The number of amides is 1. The summed E-state index contributed by atoms with van der Waals surface area (Å²) < 4.78 is 29.9. The second kappa shape index (κ2) is 7.94. The van der Waals surface area contributed by atoms with Gasteiger partial charge in [0.25, 0.3) is 0 Å². The summed E-state index contributed by atoms with van der Waals surface area (Å²) in [7, 11) is -3.04. The van der Waals surface area contributed by atoms with Crippen LogP contribution >= 0.6 is 15.9 Å². The second-order valence-corrected chi connectivity index (χ2v) is 9.66. The number of hydrogen-bond donors (Lipinski definition) is 1. The fourth-order valence-electron chi connectivity index (χ4n) is 3.08. The van der Waals surface area contributed by atoms with Crippen molar-refractivity contribution in [1.29, 1.82) is 0 Å². The normalized spacial score (nSPS) is 19.0. The number of nitrogens with one attached hydrogen (secondary N) is 1. The van der Waals surface area contributed by atoms with Crippen molar-refractivity contribution in [3.8, 4) is 0 Å². The van der Waals surface area contributed by atoms with Crippen LogP contribution in [0.2, 0.25) is 0 Å². The maximum Gasteiger partial charge on any atom is 0.238 e. The maximum absolute atomic E-state index is 12.6. The lowest BCUT2D eigenvalue weighted by atomic mass is 10.2. The molecular formula is C18H21BrN2O4S. The lowest BCUT2D eigenvalue weighted by molar-refractivity contribution is -0.118. The van der Waals surface area contributed by atoms with Crippen LogP contribution in [0.25, 0.3) is 0 Å². The van der Waals surface area contributed by atoms with Gasteiger partial charge in [-0.1, -0.05) is 6.07 Å². The first-order valence-corrected chi connectivity index (χ1v) is 11.0. The molecule has 1 aliphatic heterocycles. The van der Waals surface area contributed by atoms with Crippen molar-refractivity contribution < 1.29 is 17.6 Å². The zero-order valence-electron chi connectivity index (χ0n) is 14.4. The van der Waals surface area contributed by atoms with E-state index in [4.69, 9.17) is 4.42 Å². The Balaban J connectivity index is 1.71. The molecule has 1 aliphatic rings. The Bertz CT molecular complexity index is 881. The molecule has 1 atom stereocenters. The molecule has 0 radical (unpaired) electrons. The zero-order chi connectivity index (χ0) is 18.7. The minimum absolute atomic E-state index is 0.0786. The molecule has 1 aromatic heterocycles. The van der Waals surface area contributed by atoms with Crippen LogP contribution in [0.15, 0.2) is 45.5 Å². The highest BCUT2D eigenvalue weighted by Gasteiger charge is 2.33. The van der Waals surface area contributed by atoms with E-state index >= 15 is 0 Å². The van der Waals surface area contributed by atoms with Gasteiger partial charge >= 0.3 is 0 Å². The van der Waals surface area contributed by atoms with E-state index in [0.29, 0.717) is 24.4 Å². The number of sulfone groups is 1. The summed E-state index contributed by atoms with van der Waals surface area (Å²) in [5, 5.41) is 2.88. The van der Waals surface area contributed by atoms with Gasteiger partial charge in [0.05, 0.1) is 36.5 Å². The summed E-state index contributed by atoms with van der Waals surface area (Å²) in [6.45, 7) is 2.47. The minimum Gasteiger partial charge on any atom is -0.468 e. The fraction of sp³-hybridized carbons (Fsp3) is 0.389. The Kier molecular flexibility index (Phi) is 5.84. The summed E-state index contributed by atoms with van der Waals surface area (Å²) in [5.74, 6) is 0.760. The van der Waals surface area contributed by atoms with Crippen molar-refractivity contribution >= 4 is 37.4 Å². The molecule has 0 saturated carbocycles. The van der Waals surface area contributed by atoms with E-state index in [9.17, 15) is 13.2 Å². The second-order valence-electron chi connectivity index (χ2n) is 6.57.